The normalized spacial score (nSPS) is 16.5. The Bertz CT molecular complexity index is 661. The number of aldehydes is 1. The van der Waals surface area contributed by atoms with E-state index >= 15 is 0 Å². The Hall–Kier alpha value is -2.09. The summed E-state index contributed by atoms with van der Waals surface area (Å²) >= 11 is 0. The van der Waals surface area contributed by atoms with Crippen LogP contribution >= 0.6 is 0 Å². The van der Waals surface area contributed by atoms with Crippen molar-refractivity contribution in [1.29, 1.82) is 0 Å². The first-order valence-corrected chi connectivity index (χ1v) is 8.34. The lowest BCUT2D eigenvalue weighted by Gasteiger charge is -2.36. The van der Waals surface area contributed by atoms with E-state index in [9.17, 15) is 22.8 Å². The van der Waals surface area contributed by atoms with Crippen LogP contribution in [0.1, 0.15) is 36.7 Å². The van der Waals surface area contributed by atoms with Gasteiger partial charge >= 0.3 is 12.1 Å². The highest BCUT2D eigenvalue weighted by Crippen LogP contribution is 2.33. The molecule has 1 aliphatic rings. The maximum absolute atomic E-state index is 13.0. The van der Waals surface area contributed by atoms with E-state index in [-0.39, 0.29) is 18.1 Å². The van der Waals surface area contributed by atoms with Gasteiger partial charge < -0.3 is 9.64 Å². The average molecular weight is 372 g/mol. The second kappa shape index (κ2) is 7.65. The molecule has 0 saturated carbocycles. The van der Waals surface area contributed by atoms with Crippen molar-refractivity contribution in [2.75, 3.05) is 37.6 Å². The summed E-state index contributed by atoms with van der Waals surface area (Å²) < 4.78 is 44.3. The lowest BCUT2D eigenvalue weighted by atomic mass is 10.1. The number of benzene rings is 1. The molecule has 26 heavy (non-hydrogen) atoms. The predicted molar refractivity (Wildman–Crippen MR) is 91.3 cm³/mol. The van der Waals surface area contributed by atoms with Gasteiger partial charge in [0.25, 0.3) is 0 Å². The van der Waals surface area contributed by atoms with Crippen LogP contribution in [0.3, 0.4) is 0 Å². The maximum atomic E-state index is 13.0. The van der Waals surface area contributed by atoms with E-state index < -0.39 is 17.3 Å². The maximum Gasteiger partial charge on any atom is 0.416 e. The van der Waals surface area contributed by atoms with Crippen LogP contribution in [0, 0.1) is 0 Å². The number of nitrogens with zero attached hydrogens (tertiary/aromatic N) is 2. The fourth-order valence-electron chi connectivity index (χ4n) is 2.77. The van der Waals surface area contributed by atoms with Crippen molar-refractivity contribution in [1.82, 2.24) is 4.90 Å². The molecule has 1 aromatic carbocycles. The molecule has 1 fully saturated rings. The molecule has 0 amide bonds. The molecule has 0 bridgehead atoms. The van der Waals surface area contributed by atoms with Gasteiger partial charge in [-0.15, -0.1) is 0 Å². The zero-order valence-electron chi connectivity index (χ0n) is 15.1. The van der Waals surface area contributed by atoms with E-state index in [0.29, 0.717) is 38.2 Å². The van der Waals surface area contributed by atoms with Gasteiger partial charge in [0.05, 0.1) is 12.1 Å². The number of hydrogen-bond donors (Lipinski definition) is 0. The number of hydrogen-bond acceptors (Lipinski definition) is 5. The van der Waals surface area contributed by atoms with Crippen molar-refractivity contribution in [2.24, 2.45) is 0 Å². The lowest BCUT2D eigenvalue weighted by Crippen LogP contribution is -2.48. The average Bonchev–Trinajstić information content (AvgIpc) is 2.52. The standard InChI is InChI=1S/C18H23F3N2O3/c1-17(2,3)26-16(25)11-22-4-6-23(7-5-22)15-9-13(12-24)8-14(10-15)18(19,20)21/h8-10,12H,4-7,11H2,1-3H3. The minimum absolute atomic E-state index is 0.00832. The second-order valence-electron chi connectivity index (χ2n) is 7.28. The summed E-state index contributed by atoms with van der Waals surface area (Å²) in [5.41, 5.74) is -1.04. The van der Waals surface area contributed by atoms with Crippen LogP contribution in [0.5, 0.6) is 0 Å². The third-order valence-electron chi connectivity index (χ3n) is 3.91. The second-order valence-corrected chi connectivity index (χ2v) is 7.28. The summed E-state index contributed by atoms with van der Waals surface area (Å²) in [6, 6.07) is 3.34. The van der Waals surface area contributed by atoms with Crippen molar-refractivity contribution in [3.63, 3.8) is 0 Å². The van der Waals surface area contributed by atoms with E-state index in [1.54, 1.807) is 25.7 Å². The minimum atomic E-state index is -4.51. The number of rotatable bonds is 4. The first-order chi connectivity index (χ1) is 12.0. The molecule has 0 atom stereocenters. The van der Waals surface area contributed by atoms with E-state index in [0.717, 1.165) is 12.1 Å². The molecule has 1 aromatic rings. The number of esters is 1. The van der Waals surface area contributed by atoms with Crippen LogP contribution in [0.4, 0.5) is 18.9 Å². The Morgan fingerprint density at radius 3 is 2.23 bits per heavy atom. The third-order valence-corrected chi connectivity index (χ3v) is 3.91. The van der Waals surface area contributed by atoms with E-state index in [1.165, 1.54) is 6.07 Å². The largest absolute Gasteiger partial charge is 0.459 e. The quantitative estimate of drug-likeness (QED) is 0.601. The Balaban J connectivity index is 2.01. The first-order valence-electron chi connectivity index (χ1n) is 8.34. The third kappa shape index (κ3) is 5.72. The lowest BCUT2D eigenvalue weighted by molar-refractivity contribution is -0.156. The summed E-state index contributed by atoms with van der Waals surface area (Å²) in [6.45, 7) is 7.49. The molecule has 0 aliphatic carbocycles. The van der Waals surface area contributed by atoms with Crippen LogP contribution in [0.25, 0.3) is 0 Å². The Morgan fingerprint density at radius 1 is 1.12 bits per heavy atom. The van der Waals surface area contributed by atoms with Crippen LogP contribution in [-0.2, 0) is 15.7 Å². The number of anilines is 1. The molecule has 0 unspecified atom stereocenters. The summed E-state index contributed by atoms with van der Waals surface area (Å²) in [4.78, 5) is 26.5. The van der Waals surface area contributed by atoms with Gasteiger partial charge in [-0.1, -0.05) is 0 Å². The molecule has 8 heteroatoms. The van der Waals surface area contributed by atoms with Crippen LogP contribution in [-0.4, -0.2) is 55.5 Å². The SMILES string of the molecule is CC(C)(C)OC(=O)CN1CCN(c2cc(C=O)cc(C(F)(F)F)c2)CC1. The molecule has 0 spiro atoms. The van der Waals surface area contributed by atoms with Gasteiger partial charge in [0.15, 0.2) is 0 Å². The highest BCUT2D eigenvalue weighted by atomic mass is 19.4. The number of ether oxygens (including phenoxy) is 1. The van der Waals surface area contributed by atoms with Crippen LogP contribution < -0.4 is 4.90 Å². The number of alkyl halides is 3. The van der Waals surface area contributed by atoms with Crippen LogP contribution in [0.2, 0.25) is 0 Å². The Kier molecular flexibility index (Phi) is 5.95. The van der Waals surface area contributed by atoms with Gasteiger partial charge in [0.1, 0.15) is 11.9 Å². The summed E-state index contributed by atoms with van der Waals surface area (Å²) in [5, 5.41) is 0. The van der Waals surface area contributed by atoms with Crippen molar-refractivity contribution in [2.45, 2.75) is 32.5 Å². The van der Waals surface area contributed by atoms with Crippen molar-refractivity contribution in [3.05, 3.63) is 29.3 Å². The monoisotopic (exact) mass is 372 g/mol. The molecule has 144 valence electrons. The summed E-state index contributed by atoms with van der Waals surface area (Å²) in [6.07, 6.45) is -4.09. The summed E-state index contributed by atoms with van der Waals surface area (Å²) in [5.74, 6) is -0.326. The van der Waals surface area contributed by atoms with Gasteiger partial charge in [-0.25, -0.2) is 0 Å². The fraction of sp³-hybridized carbons (Fsp3) is 0.556. The highest BCUT2D eigenvalue weighted by molar-refractivity contribution is 5.78. The Morgan fingerprint density at radius 2 is 1.73 bits per heavy atom. The molecular weight excluding hydrogens is 349 g/mol. The zero-order valence-corrected chi connectivity index (χ0v) is 15.1. The van der Waals surface area contributed by atoms with E-state index in [4.69, 9.17) is 4.74 Å². The molecule has 0 N–H and O–H groups in total. The number of carbonyl (C=O) groups is 2. The highest BCUT2D eigenvalue weighted by Gasteiger charge is 2.32. The summed E-state index contributed by atoms with van der Waals surface area (Å²) in [7, 11) is 0. The molecule has 1 aliphatic heterocycles. The van der Waals surface area contributed by atoms with Gasteiger partial charge in [0.2, 0.25) is 0 Å². The van der Waals surface area contributed by atoms with E-state index in [2.05, 4.69) is 0 Å². The van der Waals surface area contributed by atoms with Gasteiger partial charge in [-0.3, -0.25) is 14.5 Å². The molecule has 1 saturated heterocycles. The molecule has 2 rings (SSSR count). The molecule has 0 aromatic heterocycles. The van der Waals surface area contributed by atoms with Crippen molar-refractivity contribution in [3.8, 4) is 0 Å². The number of piperazine rings is 1. The molecular formula is C18H23F3N2O3. The topological polar surface area (TPSA) is 49.9 Å². The van der Waals surface area contributed by atoms with E-state index in [1.807, 2.05) is 4.90 Å². The smallest absolute Gasteiger partial charge is 0.416 e. The van der Waals surface area contributed by atoms with Gasteiger partial charge in [-0.2, -0.15) is 13.2 Å². The van der Waals surface area contributed by atoms with Gasteiger partial charge in [-0.05, 0) is 39.0 Å². The Labute approximate surface area is 150 Å². The zero-order chi connectivity index (χ0) is 19.5. The predicted octanol–water partition coefficient (Wildman–Crippen LogP) is 2.98. The fourth-order valence-corrected chi connectivity index (χ4v) is 2.77. The molecule has 0 radical (unpaired) electrons. The molecule has 5 nitrogen and oxygen atoms in total. The van der Waals surface area contributed by atoms with Crippen molar-refractivity contribution < 1.29 is 27.5 Å². The first kappa shape index (κ1) is 20.2. The minimum Gasteiger partial charge on any atom is -0.459 e. The van der Waals surface area contributed by atoms with Gasteiger partial charge in [0, 0.05) is 37.4 Å². The van der Waals surface area contributed by atoms with Crippen LogP contribution in [0.15, 0.2) is 18.2 Å². The molecule has 1 heterocycles. The number of carbonyl (C=O) groups excluding carboxylic acids is 2. The van der Waals surface area contributed by atoms with Crippen molar-refractivity contribution >= 4 is 17.9 Å². The number of halogens is 3.